The van der Waals surface area contributed by atoms with E-state index in [2.05, 4.69) is 20.9 Å². The van der Waals surface area contributed by atoms with E-state index in [0.717, 1.165) is 33.2 Å². The van der Waals surface area contributed by atoms with Crippen LogP contribution in [0.25, 0.3) is 11.3 Å². The first-order chi connectivity index (χ1) is 9.19. The van der Waals surface area contributed by atoms with Crippen molar-refractivity contribution in [1.29, 1.82) is 0 Å². The standard InChI is InChI=1S/C14H16BrNO2S/c1-10(7-17)8-19-9-14-16-6-13(18-14)11-3-2-4-12(15)5-11/h2-6,10,17H,7-9H2,1H3. The highest BCUT2D eigenvalue weighted by Crippen LogP contribution is 2.25. The van der Waals surface area contributed by atoms with Gasteiger partial charge in [0.2, 0.25) is 5.89 Å². The maximum absolute atomic E-state index is 8.95. The van der Waals surface area contributed by atoms with Crippen molar-refractivity contribution >= 4 is 27.7 Å². The summed E-state index contributed by atoms with van der Waals surface area (Å²) in [6, 6.07) is 7.95. The minimum absolute atomic E-state index is 0.224. The Balaban J connectivity index is 1.95. The Morgan fingerprint density at radius 2 is 2.32 bits per heavy atom. The highest BCUT2D eigenvalue weighted by Gasteiger charge is 2.08. The predicted molar refractivity (Wildman–Crippen MR) is 82.1 cm³/mol. The monoisotopic (exact) mass is 341 g/mol. The van der Waals surface area contributed by atoms with Crippen LogP contribution in [0.2, 0.25) is 0 Å². The van der Waals surface area contributed by atoms with Gasteiger partial charge >= 0.3 is 0 Å². The molecule has 0 bridgehead atoms. The van der Waals surface area contributed by atoms with Crippen molar-refractivity contribution in [2.24, 2.45) is 5.92 Å². The van der Waals surface area contributed by atoms with Crippen molar-refractivity contribution in [1.82, 2.24) is 4.98 Å². The molecule has 2 aromatic rings. The quantitative estimate of drug-likeness (QED) is 0.863. The summed E-state index contributed by atoms with van der Waals surface area (Å²) in [5.74, 6) is 3.46. The molecule has 0 aliphatic carbocycles. The summed E-state index contributed by atoms with van der Waals surface area (Å²) >= 11 is 5.17. The van der Waals surface area contributed by atoms with Crippen LogP contribution >= 0.6 is 27.7 Å². The van der Waals surface area contributed by atoms with Crippen LogP contribution in [0, 0.1) is 5.92 Å². The third-order valence-corrected chi connectivity index (χ3v) is 4.35. The number of oxazole rings is 1. The average Bonchev–Trinajstić information content (AvgIpc) is 2.87. The number of hydrogen-bond donors (Lipinski definition) is 1. The van der Waals surface area contributed by atoms with Gasteiger partial charge in [0, 0.05) is 16.6 Å². The van der Waals surface area contributed by atoms with E-state index < -0.39 is 0 Å². The van der Waals surface area contributed by atoms with Gasteiger partial charge < -0.3 is 9.52 Å². The number of aromatic nitrogens is 1. The zero-order valence-corrected chi connectivity index (χ0v) is 13.1. The van der Waals surface area contributed by atoms with E-state index in [1.54, 1.807) is 18.0 Å². The van der Waals surface area contributed by atoms with Crippen molar-refractivity contribution in [3.05, 3.63) is 40.8 Å². The van der Waals surface area contributed by atoms with Crippen LogP contribution in [0.5, 0.6) is 0 Å². The van der Waals surface area contributed by atoms with Crippen LogP contribution < -0.4 is 0 Å². The van der Waals surface area contributed by atoms with Gasteiger partial charge in [0.25, 0.3) is 0 Å². The van der Waals surface area contributed by atoms with E-state index in [4.69, 9.17) is 9.52 Å². The molecule has 0 saturated carbocycles. The first-order valence-electron chi connectivity index (χ1n) is 6.08. The number of halogens is 1. The van der Waals surface area contributed by atoms with E-state index in [9.17, 15) is 0 Å². The molecule has 1 heterocycles. The molecule has 0 spiro atoms. The van der Waals surface area contributed by atoms with Gasteiger partial charge in [0.15, 0.2) is 5.76 Å². The fourth-order valence-corrected chi connectivity index (χ4v) is 2.89. The van der Waals surface area contributed by atoms with E-state index in [-0.39, 0.29) is 6.61 Å². The number of aliphatic hydroxyl groups is 1. The minimum atomic E-state index is 0.224. The lowest BCUT2D eigenvalue weighted by atomic mass is 10.2. The van der Waals surface area contributed by atoms with Crippen molar-refractivity contribution in [3.63, 3.8) is 0 Å². The van der Waals surface area contributed by atoms with Crippen LogP contribution in [-0.4, -0.2) is 22.5 Å². The first-order valence-corrected chi connectivity index (χ1v) is 8.03. The van der Waals surface area contributed by atoms with Crippen molar-refractivity contribution < 1.29 is 9.52 Å². The summed E-state index contributed by atoms with van der Waals surface area (Å²) in [6.45, 7) is 2.25. The van der Waals surface area contributed by atoms with Gasteiger partial charge in [-0.15, -0.1) is 0 Å². The Morgan fingerprint density at radius 3 is 3.05 bits per heavy atom. The van der Waals surface area contributed by atoms with Crippen LogP contribution in [0.3, 0.4) is 0 Å². The molecule has 1 N–H and O–H groups in total. The van der Waals surface area contributed by atoms with Crippen molar-refractivity contribution in [2.75, 3.05) is 12.4 Å². The van der Waals surface area contributed by atoms with E-state index >= 15 is 0 Å². The molecule has 0 saturated heterocycles. The highest BCUT2D eigenvalue weighted by molar-refractivity contribution is 9.10. The SMILES string of the molecule is CC(CO)CSCc1ncc(-c2cccc(Br)c2)o1. The number of benzene rings is 1. The predicted octanol–water partition coefficient (Wildman–Crippen LogP) is 3.97. The number of hydrogen-bond acceptors (Lipinski definition) is 4. The molecule has 0 aliphatic heterocycles. The molecule has 2 rings (SSSR count). The Bertz CT molecular complexity index is 530. The van der Waals surface area contributed by atoms with E-state index in [1.807, 2.05) is 31.2 Å². The van der Waals surface area contributed by atoms with Crippen LogP contribution in [0.15, 0.2) is 39.4 Å². The van der Waals surface area contributed by atoms with Gasteiger partial charge in [-0.25, -0.2) is 4.98 Å². The maximum Gasteiger partial charge on any atom is 0.204 e. The normalized spacial score (nSPS) is 12.6. The molecule has 1 aromatic heterocycles. The van der Waals surface area contributed by atoms with E-state index in [0.29, 0.717) is 5.92 Å². The molecule has 0 amide bonds. The second-order valence-electron chi connectivity index (χ2n) is 4.43. The summed E-state index contributed by atoms with van der Waals surface area (Å²) in [6.07, 6.45) is 1.76. The Hall–Kier alpha value is -0.780. The Morgan fingerprint density at radius 1 is 1.47 bits per heavy atom. The highest BCUT2D eigenvalue weighted by atomic mass is 79.9. The molecule has 3 nitrogen and oxygen atoms in total. The smallest absolute Gasteiger partial charge is 0.204 e. The zero-order chi connectivity index (χ0) is 13.7. The number of aliphatic hydroxyl groups excluding tert-OH is 1. The second kappa shape index (κ2) is 7.12. The summed E-state index contributed by atoms with van der Waals surface area (Å²) in [5, 5.41) is 8.95. The molecular formula is C14H16BrNO2S. The third-order valence-electron chi connectivity index (χ3n) is 2.60. The molecule has 1 unspecified atom stereocenters. The maximum atomic E-state index is 8.95. The summed E-state index contributed by atoms with van der Waals surface area (Å²) in [7, 11) is 0. The zero-order valence-electron chi connectivity index (χ0n) is 10.7. The topological polar surface area (TPSA) is 46.3 Å². The summed E-state index contributed by atoms with van der Waals surface area (Å²) in [5.41, 5.74) is 1.02. The molecule has 5 heteroatoms. The fourth-order valence-electron chi connectivity index (χ4n) is 1.55. The van der Waals surface area contributed by atoms with Crippen molar-refractivity contribution in [3.8, 4) is 11.3 Å². The van der Waals surface area contributed by atoms with Gasteiger partial charge in [0.1, 0.15) is 0 Å². The lowest BCUT2D eigenvalue weighted by molar-refractivity contribution is 0.250. The molecule has 1 aromatic carbocycles. The molecule has 102 valence electrons. The minimum Gasteiger partial charge on any atom is -0.440 e. The lowest BCUT2D eigenvalue weighted by Gasteiger charge is -2.04. The van der Waals surface area contributed by atoms with Gasteiger partial charge in [-0.3, -0.25) is 0 Å². The molecule has 0 fully saturated rings. The molecule has 0 aliphatic rings. The molecular weight excluding hydrogens is 326 g/mol. The number of nitrogens with zero attached hydrogens (tertiary/aromatic N) is 1. The first kappa shape index (κ1) is 14.6. The average molecular weight is 342 g/mol. The molecule has 19 heavy (non-hydrogen) atoms. The Kier molecular flexibility index (Phi) is 5.48. The van der Waals surface area contributed by atoms with Gasteiger partial charge in [-0.2, -0.15) is 11.8 Å². The largest absolute Gasteiger partial charge is 0.440 e. The van der Waals surface area contributed by atoms with Gasteiger partial charge in [-0.1, -0.05) is 35.0 Å². The summed E-state index contributed by atoms with van der Waals surface area (Å²) in [4.78, 5) is 4.28. The van der Waals surface area contributed by atoms with Crippen LogP contribution in [-0.2, 0) is 5.75 Å². The van der Waals surface area contributed by atoms with Crippen LogP contribution in [0.4, 0.5) is 0 Å². The fraction of sp³-hybridized carbons (Fsp3) is 0.357. The lowest BCUT2D eigenvalue weighted by Crippen LogP contribution is -2.03. The number of rotatable bonds is 6. The van der Waals surface area contributed by atoms with E-state index in [1.165, 1.54) is 0 Å². The van der Waals surface area contributed by atoms with Gasteiger partial charge in [-0.05, 0) is 23.8 Å². The summed E-state index contributed by atoms with van der Waals surface area (Å²) < 4.78 is 6.75. The second-order valence-corrected chi connectivity index (χ2v) is 6.38. The van der Waals surface area contributed by atoms with Crippen molar-refractivity contribution in [2.45, 2.75) is 12.7 Å². The van der Waals surface area contributed by atoms with Gasteiger partial charge in [0.05, 0.1) is 11.9 Å². The third kappa shape index (κ3) is 4.37. The molecule has 0 radical (unpaired) electrons. The number of thioether (sulfide) groups is 1. The molecule has 1 atom stereocenters. The van der Waals surface area contributed by atoms with Crippen LogP contribution in [0.1, 0.15) is 12.8 Å². The Labute approximate surface area is 125 Å².